The highest BCUT2D eigenvalue weighted by atomic mass is 32.1. The molecular formula is C12H10N4O4S. The third-order valence-corrected chi connectivity index (χ3v) is 3.43. The highest BCUT2D eigenvalue weighted by Gasteiger charge is 2.19. The van der Waals surface area contributed by atoms with Crippen molar-refractivity contribution in [1.82, 2.24) is 9.78 Å². The normalized spacial score (nSPS) is 11.4. The lowest BCUT2D eigenvalue weighted by Gasteiger charge is -2.01. The monoisotopic (exact) mass is 306 g/mol. The molecule has 0 saturated heterocycles. The van der Waals surface area contributed by atoms with E-state index in [0.717, 1.165) is 16.0 Å². The SMILES string of the molecule is CC(=O)N=c1sc(C(C)=O)nn1-c1ccccc1[N+](=O)[O-]. The number of nitro groups is 1. The molecule has 0 bridgehead atoms. The molecule has 0 aliphatic rings. The van der Waals surface area contributed by atoms with Crippen LogP contribution in [0, 0.1) is 10.1 Å². The van der Waals surface area contributed by atoms with Crippen LogP contribution in [0.2, 0.25) is 0 Å². The highest BCUT2D eigenvalue weighted by Crippen LogP contribution is 2.21. The minimum absolute atomic E-state index is 0.113. The molecule has 1 aromatic carbocycles. The molecule has 0 N–H and O–H groups in total. The van der Waals surface area contributed by atoms with Crippen LogP contribution >= 0.6 is 11.3 Å². The lowest BCUT2D eigenvalue weighted by atomic mass is 10.3. The lowest BCUT2D eigenvalue weighted by molar-refractivity contribution is -0.384. The summed E-state index contributed by atoms with van der Waals surface area (Å²) in [7, 11) is 0. The van der Waals surface area contributed by atoms with Gasteiger partial charge in [-0.15, -0.1) is 0 Å². The van der Waals surface area contributed by atoms with Gasteiger partial charge in [0.05, 0.1) is 4.92 Å². The molecule has 0 unspecified atom stereocenters. The van der Waals surface area contributed by atoms with Crippen LogP contribution in [0.1, 0.15) is 23.6 Å². The van der Waals surface area contributed by atoms with E-state index >= 15 is 0 Å². The Hall–Kier alpha value is -2.68. The van der Waals surface area contributed by atoms with E-state index in [9.17, 15) is 19.7 Å². The lowest BCUT2D eigenvalue weighted by Crippen LogP contribution is -2.17. The number of ketones is 1. The number of rotatable bonds is 3. The molecule has 1 amide bonds. The number of Topliss-reactive ketones (excluding diaryl/α,β-unsaturated/α-hetero) is 1. The van der Waals surface area contributed by atoms with E-state index in [4.69, 9.17) is 0 Å². The fourth-order valence-corrected chi connectivity index (χ4v) is 2.42. The van der Waals surface area contributed by atoms with Crippen LogP contribution in [0.25, 0.3) is 5.69 Å². The first-order valence-corrected chi connectivity index (χ1v) is 6.62. The summed E-state index contributed by atoms with van der Waals surface area (Å²) in [6.45, 7) is 2.57. The second-order valence-electron chi connectivity index (χ2n) is 4.03. The summed E-state index contributed by atoms with van der Waals surface area (Å²) in [5.41, 5.74) is -0.0471. The molecule has 108 valence electrons. The van der Waals surface area contributed by atoms with Gasteiger partial charge in [-0.05, 0) is 6.07 Å². The molecule has 0 aliphatic carbocycles. The van der Waals surface area contributed by atoms with Gasteiger partial charge < -0.3 is 0 Å². The molecule has 21 heavy (non-hydrogen) atoms. The zero-order chi connectivity index (χ0) is 15.6. The van der Waals surface area contributed by atoms with E-state index in [-0.39, 0.29) is 27.0 Å². The predicted molar refractivity (Wildman–Crippen MR) is 74.3 cm³/mol. The van der Waals surface area contributed by atoms with Gasteiger partial charge in [0, 0.05) is 19.9 Å². The first-order valence-electron chi connectivity index (χ1n) is 5.80. The van der Waals surface area contributed by atoms with Crippen molar-refractivity contribution in [3.63, 3.8) is 0 Å². The van der Waals surface area contributed by atoms with Crippen molar-refractivity contribution in [2.75, 3.05) is 0 Å². The predicted octanol–water partition coefficient (Wildman–Crippen LogP) is 1.49. The Kier molecular flexibility index (Phi) is 4.03. The number of para-hydroxylation sites is 2. The smallest absolute Gasteiger partial charge is 0.292 e. The van der Waals surface area contributed by atoms with E-state index in [2.05, 4.69) is 10.1 Å². The third kappa shape index (κ3) is 3.08. The Bertz CT molecular complexity index is 806. The molecule has 0 spiro atoms. The van der Waals surface area contributed by atoms with Gasteiger partial charge in [0.25, 0.3) is 5.69 Å². The van der Waals surface area contributed by atoms with Crippen molar-refractivity contribution in [2.45, 2.75) is 13.8 Å². The largest absolute Gasteiger partial charge is 0.294 e. The van der Waals surface area contributed by atoms with Crippen molar-refractivity contribution in [1.29, 1.82) is 0 Å². The summed E-state index contributed by atoms with van der Waals surface area (Å²) in [5, 5.41) is 15.2. The third-order valence-electron chi connectivity index (χ3n) is 2.42. The Labute approximate surface area is 122 Å². The van der Waals surface area contributed by atoms with Gasteiger partial charge in [0.1, 0.15) is 5.69 Å². The maximum absolute atomic E-state index is 11.4. The maximum Gasteiger partial charge on any atom is 0.294 e. The topological polar surface area (TPSA) is 107 Å². The molecule has 0 aliphatic heterocycles. The average Bonchev–Trinajstić information content (AvgIpc) is 2.81. The minimum atomic E-state index is -0.563. The van der Waals surface area contributed by atoms with Gasteiger partial charge in [-0.1, -0.05) is 23.5 Å². The molecule has 8 nitrogen and oxygen atoms in total. The van der Waals surface area contributed by atoms with Gasteiger partial charge in [-0.25, -0.2) is 0 Å². The number of nitrogens with zero attached hydrogens (tertiary/aromatic N) is 4. The molecule has 2 rings (SSSR count). The van der Waals surface area contributed by atoms with Crippen LogP contribution in [0.4, 0.5) is 5.69 Å². The van der Waals surface area contributed by atoms with Crippen molar-refractivity contribution in [2.24, 2.45) is 4.99 Å². The molecule has 0 saturated carbocycles. The Morgan fingerprint density at radius 3 is 2.57 bits per heavy atom. The second kappa shape index (κ2) is 5.75. The van der Waals surface area contributed by atoms with Gasteiger partial charge in [0.2, 0.25) is 10.7 Å². The van der Waals surface area contributed by atoms with E-state index in [1.807, 2.05) is 0 Å². The zero-order valence-corrected chi connectivity index (χ0v) is 12.0. The number of hydrogen-bond donors (Lipinski definition) is 0. The van der Waals surface area contributed by atoms with Crippen LogP contribution < -0.4 is 4.80 Å². The summed E-state index contributed by atoms with van der Waals surface area (Å²) in [6.07, 6.45) is 0. The van der Waals surface area contributed by atoms with E-state index in [1.54, 1.807) is 6.07 Å². The maximum atomic E-state index is 11.4. The summed E-state index contributed by atoms with van der Waals surface area (Å²) in [6, 6.07) is 5.90. The number of carbonyl (C=O) groups excluding carboxylic acids is 2. The van der Waals surface area contributed by atoms with Crippen molar-refractivity contribution < 1.29 is 14.5 Å². The van der Waals surface area contributed by atoms with E-state index in [0.29, 0.717) is 0 Å². The van der Waals surface area contributed by atoms with Gasteiger partial charge in [0.15, 0.2) is 10.8 Å². The number of nitro benzene ring substituents is 1. The Morgan fingerprint density at radius 2 is 2.00 bits per heavy atom. The molecule has 1 heterocycles. The molecule has 0 atom stereocenters. The molecule has 2 aromatic rings. The van der Waals surface area contributed by atoms with Gasteiger partial charge in [-0.3, -0.25) is 19.7 Å². The number of aromatic nitrogens is 2. The molecule has 9 heteroatoms. The first-order chi connectivity index (χ1) is 9.90. The fourth-order valence-electron chi connectivity index (χ4n) is 1.59. The fraction of sp³-hybridized carbons (Fsp3) is 0.167. The number of amides is 1. The first kappa shape index (κ1) is 14.7. The summed E-state index contributed by atoms with van der Waals surface area (Å²) < 4.78 is 1.14. The van der Waals surface area contributed by atoms with Crippen LogP contribution in [0.15, 0.2) is 29.3 Å². The molecule has 0 fully saturated rings. The van der Waals surface area contributed by atoms with E-state index in [1.165, 1.54) is 32.0 Å². The van der Waals surface area contributed by atoms with Gasteiger partial charge in [-0.2, -0.15) is 14.8 Å². The Morgan fingerprint density at radius 1 is 1.33 bits per heavy atom. The van der Waals surface area contributed by atoms with Crippen molar-refractivity contribution in [3.8, 4) is 5.69 Å². The molecule has 0 radical (unpaired) electrons. The van der Waals surface area contributed by atoms with Crippen LogP contribution in [0.5, 0.6) is 0 Å². The van der Waals surface area contributed by atoms with Crippen molar-refractivity contribution in [3.05, 3.63) is 44.2 Å². The number of carbonyl (C=O) groups is 2. The van der Waals surface area contributed by atoms with E-state index < -0.39 is 10.8 Å². The van der Waals surface area contributed by atoms with Crippen LogP contribution in [-0.4, -0.2) is 26.4 Å². The van der Waals surface area contributed by atoms with Crippen LogP contribution in [-0.2, 0) is 4.79 Å². The average molecular weight is 306 g/mol. The van der Waals surface area contributed by atoms with Gasteiger partial charge >= 0.3 is 0 Å². The quantitative estimate of drug-likeness (QED) is 0.485. The second-order valence-corrected chi connectivity index (χ2v) is 4.99. The number of benzene rings is 1. The minimum Gasteiger partial charge on any atom is -0.292 e. The molecule has 1 aromatic heterocycles. The van der Waals surface area contributed by atoms with Crippen LogP contribution in [0.3, 0.4) is 0 Å². The zero-order valence-electron chi connectivity index (χ0n) is 11.1. The standard InChI is InChI=1S/C12H10N4O4S/c1-7(17)11-14-15(12(21-11)13-8(2)18)9-5-3-4-6-10(9)16(19)20/h3-6H,1-2H3. The summed E-state index contributed by atoms with van der Waals surface area (Å²) in [5.74, 6) is -0.793. The highest BCUT2D eigenvalue weighted by molar-refractivity contribution is 7.11. The number of hydrogen-bond acceptors (Lipinski definition) is 6. The summed E-state index contributed by atoms with van der Waals surface area (Å²) >= 11 is 0.903. The van der Waals surface area contributed by atoms with Crippen molar-refractivity contribution >= 4 is 28.7 Å². The summed E-state index contributed by atoms with van der Waals surface area (Å²) in [4.78, 5) is 37.0. The Balaban J connectivity index is 2.77. The molecular weight excluding hydrogens is 296 g/mol.